The Kier molecular flexibility index (Phi) is 4.18. The standard InChI is InChI=1S/C12H23N3/c1-5-6-7-8-13-11-9-10(14-15-11)12(2,3)4/h9H,5-8H2,1-4H3,(H2,13,14,15). The van der Waals surface area contributed by atoms with Crippen LogP contribution in [-0.4, -0.2) is 16.7 Å². The van der Waals surface area contributed by atoms with Gasteiger partial charge in [-0.15, -0.1) is 0 Å². The van der Waals surface area contributed by atoms with Gasteiger partial charge in [0.15, 0.2) is 0 Å². The molecule has 3 nitrogen and oxygen atoms in total. The van der Waals surface area contributed by atoms with Gasteiger partial charge in [0.1, 0.15) is 5.82 Å². The summed E-state index contributed by atoms with van der Waals surface area (Å²) in [5.41, 5.74) is 1.33. The quantitative estimate of drug-likeness (QED) is 0.730. The highest BCUT2D eigenvalue weighted by Gasteiger charge is 2.16. The fourth-order valence-electron chi connectivity index (χ4n) is 1.39. The van der Waals surface area contributed by atoms with Crippen molar-refractivity contribution in [1.82, 2.24) is 10.2 Å². The topological polar surface area (TPSA) is 40.7 Å². The van der Waals surface area contributed by atoms with Gasteiger partial charge in [0.05, 0.1) is 0 Å². The molecule has 0 unspecified atom stereocenters. The van der Waals surface area contributed by atoms with Gasteiger partial charge in [-0.25, -0.2) is 0 Å². The summed E-state index contributed by atoms with van der Waals surface area (Å²) < 4.78 is 0. The van der Waals surface area contributed by atoms with Gasteiger partial charge < -0.3 is 5.32 Å². The molecule has 0 saturated carbocycles. The van der Waals surface area contributed by atoms with E-state index < -0.39 is 0 Å². The van der Waals surface area contributed by atoms with Gasteiger partial charge >= 0.3 is 0 Å². The maximum Gasteiger partial charge on any atom is 0.148 e. The number of nitrogens with one attached hydrogen (secondary N) is 2. The van der Waals surface area contributed by atoms with Gasteiger partial charge in [-0.3, -0.25) is 5.10 Å². The smallest absolute Gasteiger partial charge is 0.148 e. The van der Waals surface area contributed by atoms with Crippen LogP contribution in [0, 0.1) is 0 Å². The van der Waals surface area contributed by atoms with E-state index in [1.165, 1.54) is 25.0 Å². The zero-order valence-corrected chi connectivity index (χ0v) is 10.4. The highest BCUT2D eigenvalue weighted by Crippen LogP contribution is 2.21. The molecule has 1 aromatic rings. The maximum atomic E-state index is 4.24. The molecule has 0 aromatic carbocycles. The Hall–Kier alpha value is -0.990. The summed E-state index contributed by atoms with van der Waals surface area (Å²) in [4.78, 5) is 0. The van der Waals surface area contributed by atoms with Crippen molar-refractivity contribution in [2.24, 2.45) is 0 Å². The number of nitrogens with zero attached hydrogens (tertiary/aromatic N) is 1. The van der Waals surface area contributed by atoms with Gasteiger partial charge in [-0.1, -0.05) is 40.5 Å². The highest BCUT2D eigenvalue weighted by atomic mass is 15.2. The Morgan fingerprint density at radius 2 is 2.07 bits per heavy atom. The Morgan fingerprint density at radius 3 is 2.60 bits per heavy atom. The van der Waals surface area contributed by atoms with Crippen molar-refractivity contribution in [3.63, 3.8) is 0 Å². The van der Waals surface area contributed by atoms with Crippen molar-refractivity contribution in [3.05, 3.63) is 11.8 Å². The Bertz CT molecular complexity index is 283. The van der Waals surface area contributed by atoms with Crippen LogP contribution in [0.2, 0.25) is 0 Å². The van der Waals surface area contributed by atoms with Crippen molar-refractivity contribution in [2.45, 2.75) is 52.4 Å². The molecule has 0 fully saturated rings. The summed E-state index contributed by atoms with van der Waals surface area (Å²) in [6, 6.07) is 2.10. The largest absolute Gasteiger partial charge is 0.369 e. The first kappa shape index (κ1) is 12.1. The number of H-pyrrole nitrogens is 1. The average Bonchev–Trinajstić information content (AvgIpc) is 2.60. The average molecular weight is 209 g/mol. The minimum absolute atomic E-state index is 0.149. The first-order valence-corrected chi connectivity index (χ1v) is 5.84. The summed E-state index contributed by atoms with van der Waals surface area (Å²) in [7, 11) is 0. The summed E-state index contributed by atoms with van der Waals surface area (Å²) in [5, 5.41) is 10.6. The van der Waals surface area contributed by atoms with Crippen LogP contribution in [0.1, 0.15) is 52.7 Å². The predicted octanol–water partition coefficient (Wildman–Crippen LogP) is 3.31. The zero-order valence-electron chi connectivity index (χ0n) is 10.4. The minimum Gasteiger partial charge on any atom is -0.369 e. The van der Waals surface area contributed by atoms with E-state index in [1.807, 2.05) is 0 Å². The molecule has 0 bridgehead atoms. The fraction of sp³-hybridized carbons (Fsp3) is 0.750. The summed E-state index contributed by atoms with van der Waals surface area (Å²) >= 11 is 0. The van der Waals surface area contributed by atoms with Crippen LogP contribution in [-0.2, 0) is 5.41 Å². The lowest BCUT2D eigenvalue weighted by Gasteiger charge is -2.14. The number of aromatic nitrogens is 2. The Balaban J connectivity index is 2.40. The van der Waals surface area contributed by atoms with Crippen molar-refractivity contribution in [1.29, 1.82) is 0 Å². The van der Waals surface area contributed by atoms with Crippen LogP contribution in [0.4, 0.5) is 5.82 Å². The lowest BCUT2D eigenvalue weighted by molar-refractivity contribution is 0.567. The second-order valence-corrected chi connectivity index (χ2v) is 5.05. The minimum atomic E-state index is 0.149. The van der Waals surface area contributed by atoms with Gasteiger partial charge in [0, 0.05) is 23.7 Å². The predicted molar refractivity (Wildman–Crippen MR) is 65.3 cm³/mol. The molecule has 0 spiro atoms. The number of hydrogen-bond acceptors (Lipinski definition) is 2. The fourth-order valence-corrected chi connectivity index (χ4v) is 1.39. The highest BCUT2D eigenvalue weighted by molar-refractivity contribution is 5.37. The summed E-state index contributed by atoms with van der Waals surface area (Å²) in [6.07, 6.45) is 3.76. The molecule has 0 amide bonds. The zero-order chi connectivity index (χ0) is 11.3. The second-order valence-electron chi connectivity index (χ2n) is 5.05. The molecule has 0 aliphatic carbocycles. The van der Waals surface area contributed by atoms with Crippen molar-refractivity contribution in [3.8, 4) is 0 Å². The van der Waals surface area contributed by atoms with Gasteiger partial charge in [0.25, 0.3) is 0 Å². The molecule has 0 atom stereocenters. The van der Waals surface area contributed by atoms with Crippen LogP contribution in [0.25, 0.3) is 0 Å². The third kappa shape index (κ3) is 3.94. The molecular formula is C12H23N3. The molecule has 15 heavy (non-hydrogen) atoms. The third-order valence-electron chi connectivity index (χ3n) is 2.47. The van der Waals surface area contributed by atoms with E-state index in [0.717, 1.165) is 12.4 Å². The van der Waals surface area contributed by atoms with Crippen LogP contribution >= 0.6 is 0 Å². The molecule has 2 N–H and O–H groups in total. The lowest BCUT2D eigenvalue weighted by atomic mass is 9.92. The number of hydrogen-bond donors (Lipinski definition) is 2. The van der Waals surface area contributed by atoms with E-state index in [4.69, 9.17) is 0 Å². The molecule has 0 radical (unpaired) electrons. The number of aromatic amines is 1. The number of unbranched alkanes of at least 4 members (excludes halogenated alkanes) is 2. The van der Waals surface area contributed by atoms with Gasteiger partial charge in [0.2, 0.25) is 0 Å². The molecular weight excluding hydrogens is 186 g/mol. The molecule has 1 heterocycles. The first-order chi connectivity index (χ1) is 7.04. The normalized spacial score (nSPS) is 11.7. The molecule has 86 valence electrons. The molecule has 1 rings (SSSR count). The van der Waals surface area contributed by atoms with E-state index in [9.17, 15) is 0 Å². The van der Waals surface area contributed by atoms with Crippen molar-refractivity contribution >= 4 is 5.82 Å². The Morgan fingerprint density at radius 1 is 1.33 bits per heavy atom. The lowest BCUT2D eigenvalue weighted by Crippen LogP contribution is -2.11. The molecule has 1 aromatic heterocycles. The second kappa shape index (κ2) is 5.19. The summed E-state index contributed by atoms with van der Waals surface area (Å²) in [6.45, 7) is 9.78. The van der Waals surface area contributed by atoms with E-state index in [-0.39, 0.29) is 5.41 Å². The van der Waals surface area contributed by atoms with Crippen LogP contribution in [0.5, 0.6) is 0 Å². The summed E-state index contributed by atoms with van der Waals surface area (Å²) in [5.74, 6) is 0.969. The van der Waals surface area contributed by atoms with Gasteiger partial charge in [-0.05, 0) is 6.42 Å². The first-order valence-electron chi connectivity index (χ1n) is 5.84. The van der Waals surface area contributed by atoms with Crippen LogP contribution in [0.15, 0.2) is 6.07 Å². The van der Waals surface area contributed by atoms with Crippen LogP contribution in [0.3, 0.4) is 0 Å². The Labute approximate surface area is 92.7 Å². The maximum absolute atomic E-state index is 4.24. The number of rotatable bonds is 5. The molecule has 0 saturated heterocycles. The van der Waals surface area contributed by atoms with Crippen molar-refractivity contribution < 1.29 is 0 Å². The SMILES string of the molecule is CCCCCNc1cc(C(C)(C)C)[nH]n1. The van der Waals surface area contributed by atoms with E-state index in [2.05, 4.69) is 49.3 Å². The number of anilines is 1. The molecule has 3 heteroatoms. The molecule has 0 aliphatic heterocycles. The molecule has 0 aliphatic rings. The van der Waals surface area contributed by atoms with Crippen LogP contribution < -0.4 is 5.32 Å². The van der Waals surface area contributed by atoms with Crippen molar-refractivity contribution in [2.75, 3.05) is 11.9 Å². The van der Waals surface area contributed by atoms with E-state index in [0.29, 0.717) is 0 Å². The monoisotopic (exact) mass is 209 g/mol. The van der Waals surface area contributed by atoms with E-state index >= 15 is 0 Å². The van der Waals surface area contributed by atoms with Gasteiger partial charge in [-0.2, -0.15) is 5.10 Å². The third-order valence-corrected chi connectivity index (χ3v) is 2.47. The van der Waals surface area contributed by atoms with E-state index in [1.54, 1.807) is 0 Å².